The Morgan fingerprint density at radius 2 is 1.66 bits per heavy atom. The highest BCUT2D eigenvalue weighted by atomic mass is 19.1. The molecule has 0 saturated carbocycles. The zero-order valence-corrected chi connectivity index (χ0v) is 22.5. The summed E-state index contributed by atoms with van der Waals surface area (Å²) < 4.78 is 31.7. The van der Waals surface area contributed by atoms with Crippen LogP contribution in [0.4, 0.5) is 20.5 Å². The molecular weight excluding hydrogens is 486 g/mol. The number of aryl methyl sites for hydroxylation is 1. The van der Waals surface area contributed by atoms with Gasteiger partial charge in [0, 0.05) is 56.6 Å². The third-order valence-electron chi connectivity index (χ3n) is 7.07. The van der Waals surface area contributed by atoms with Gasteiger partial charge < -0.3 is 9.88 Å². The standard InChI is InChI=1S/C28H34F2N8/c1-17(2)37-10-8-36(9-11-37)16-20-6-7-25(31-14-20)34-28-32-15-23(30)26(35-28)21-12-22(29)27-24(13-21)38(18(3)4)19(5)33-27/h6-7,12-15,17-18H,8-11,16H2,1-5H3,(H,31,32,34,35). The van der Waals surface area contributed by atoms with Gasteiger partial charge in [0.1, 0.15) is 22.9 Å². The van der Waals surface area contributed by atoms with Crippen LogP contribution in [0.3, 0.4) is 0 Å². The van der Waals surface area contributed by atoms with Crippen molar-refractivity contribution >= 4 is 22.8 Å². The molecule has 4 heterocycles. The van der Waals surface area contributed by atoms with E-state index in [0.717, 1.165) is 44.5 Å². The number of hydrogen-bond donors (Lipinski definition) is 1. The van der Waals surface area contributed by atoms with E-state index in [1.807, 2.05) is 43.7 Å². The number of benzene rings is 1. The van der Waals surface area contributed by atoms with Crippen LogP contribution in [0.2, 0.25) is 0 Å². The minimum Gasteiger partial charge on any atom is -0.326 e. The molecule has 5 rings (SSSR count). The molecule has 0 unspecified atom stereocenters. The molecule has 4 aromatic rings. The number of anilines is 2. The summed E-state index contributed by atoms with van der Waals surface area (Å²) in [5.41, 5.74) is 2.31. The van der Waals surface area contributed by atoms with Gasteiger partial charge in [0.2, 0.25) is 5.95 Å². The van der Waals surface area contributed by atoms with Crippen LogP contribution in [0.1, 0.15) is 45.1 Å². The largest absolute Gasteiger partial charge is 0.326 e. The van der Waals surface area contributed by atoms with Crippen molar-refractivity contribution in [2.45, 2.75) is 53.2 Å². The summed E-state index contributed by atoms with van der Waals surface area (Å²) in [5.74, 6) is 0.272. The van der Waals surface area contributed by atoms with E-state index in [4.69, 9.17) is 0 Å². The van der Waals surface area contributed by atoms with Crippen LogP contribution in [-0.4, -0.2) is 66.5 Å². The molecule has 1 aliphatic heterocycles. The number of halogens is 2. The van der Waals surface area contributed by atoms with Crippen molar-refractivity contribution in [2.24, 2.45) is 0 Å². The van der Waals surface area contributed by atoms with E-state index in [9.17, 15) is 8.78 Å². The smallest absolute Gasteiger partial charge is 0.229 e. The van der Waals surface area contributed by atoms with Crippen LogP contribution >= 0.6 is 0 Å². The van der Waals surface area contributed by atoms with Crippen molar-refractivity contribution in [3.05, 3.63) is 59.7 Å². The van der Waals surface area contributed by atoms with E-state index in [-0.39, 0.29) is 23.2 Å². The fourth-order valence-corrected chi connectivity index (χ4v) is 5.09. The van der Waals surface area contributed by atoms with Crippen molar-refractivity contribution in [1.29, 1.82) is 0 Å². The third kappa shape index (κ3) is 5.37. The van der Waals surface area contributed by atoms with Gasteiger partial charge in [-0.05, 0) is 58.4 Å². The summed E-state index contributed by atoms with van der Waals surface area (Å²) in [6.45, 7) is 15.4. The van der Waals surface area contributed by atoms with E-state index in [2.05, 4.69) is 48.9 Å². The molecule has 8 nitrogen and oxygen atoms in total. The summed E-state index contributed by atoms with van der Waals surface area (Å²) in [4.78, 5) is 22.2. The van der Waals surface area contributed by atoms with E-state index in [1.165, 1.54) is 6.07 Å². The highest BCUT2D eigenvalue weighted by Crippen LogP contribution is 2.30. The van der Waals surface area contributed by atoms with E-state index in [1.54, 1.807) is 6.07 Å². The normalized spacial score (nSPS) is 15.2. The Labute approximate surface area is 221 Å². The Hall–Kier alpha value is -3.50. The second-order valence-corrected chi connectivity index (χ2v) is 10.4. The topological polar surface area (TPSA) is 75.0 Å². The zero-order valence-electron chi connectivity index (χ0n) is 22.5. The number of fused-ring (bicyclic) bond motifs is 1. The molecule has 38 heavy (non-hydrogen) atoms. The Morgan fingerprint density at radius 1 is 0.895 bits per heavy atom. The molecule has 200 valence electrons. The summed E-state index contributed by atoms with van der Waals surface area (Å²) in [5, 5.41) is 3.04. The maximum absolute atomic E-state index is 15.0. The number of imidazole rings is 1. The number of pyridine rings is 1. The summed E-state index contributed by atoms with van der Waals surface area (Å²) in [6, 6.07) is 7.52. The van der Waals surface area contributed by atoms with Gasteiger partial charge in [0.15, 0.2) is 11.6 Å². The lowest BCUT2D eigenvalue weighted by Gasteiger charge is -2.36. The summed E-state index contributed by atoms with van der Waals surface area (Å²) in [7, 11) is 0. The molecular formula is C28H34F2N8. The number of nitrogens with zero attached hydrogens (tertiary/aromatic N) is 7. The number of hydrogen-bond acceptors (Lipinski definition) is 7. The summed E-state index contributed by atoms with van der Waals surface area (Å²) >= 11 is 0. The average molecular weight is 521 g/mol. The molecule has 0 radical (unpaired) electrons. The lowest BCUT2D eigenvalue weighted by Crippen LogP contribution is -2.48. The SMILES string of the molecule is Cc1nc2c(F)cc(-c3nc(Nc4ccc(CN5CCN(C(C)C)CC5)cn4)ncc3F)cc2n1C(C)C. The fraction of sp³-hybridized carbons (Fsp3) is 0.429. The van der Waals surface area contributed by atoms with Gasteiger partial charge in [-0.1, -0.05) is 6.07 Å². The Balaban J connectivity index is 1.33. The molecule has 0 amide bonds. The van der Waals surface area contributed by atoms with Gasteiger partial charge in [0.25, 0.3) is 0 Å². The minimum absolute atomic E-state index is 0.00891. The zero-order chi connectivity index (χ0) is 27.0. The van der Waals surface area contributed by atoms with Crippen LogP contribution in [0.5, 0.6) is 0 Å². The molecule has 3 aromatic heterocycles. The molecule has 0 bridgehead atoms. The molecule has 1 aliphatic rings. The predicted molar refractivity (Wildman–Crippen MR) is 145 cm³/mol. The van der Waals surface area contributed by atoms with Crippen molar-refractivity contribution in [3.63, 3.8) is 0 Å². The van der Waals surface area contributed by atoms with E-state index < -0.39 is 11.6 Å². The fourth-order valence-electron chi connectivity index (χ4n) is 5.09. The second kappa shape index (κ2) is 10.7. The summed E-state index contributed by atoms with van der Waals surface area (Å²) in [6.07, 6.45) is 2.92. The van der Waals surface area contributed by atoms with Crippen molar-refractivity contribution in [3.8, 4) is 11.3 Å². The quantitative estimate of drug-likeness (QED) is 0.353. The van der Waals surface area contributed by atoms with Crippen LogP contribution in [0.25, 0.3) is 22.3 Å². The molecule has 1 saturated heterocycles. The van der Waals surface area contributed by atoms with Gasteiger partial charge in [-0.3, -0.25) is 9.80 Å². The Bertz CT molecular complexity index is 1420. The monoisotopic (exact) mass is 520 g/mol. The van der Waals surface area contributed by atoms with Crippen LogP contribution in [0.15, 0.2) is 36.7 Å². The average Bonchev–Trinajstić information content (AvgIpc) is 3.23. The molecule has 1 fully saturated rings. The number of piperazine rings is 1. The molecule has 0 atom stereocenters. The van der Waals surface area contributed by atoms with E-state index >= 15 is 0 Å². The van der Waals surface area contributed by atoms with Gasteiger partial charge >= 0.3 is 0 Å². The predicted octanol–water partition coefficient (Wildman–Crippen LogP) is 5.33. The van der Waals surface area contributed by atoms with Gasteiger partial charge in [0.05, 0.1) is 11.7 Å². The van der Waals surface area contributed by atoms with Crippen molar-refractivity contribution < 1.29 is 8.78 Å². The maximum atomic E-state index is 15.0. The van der Waals surface area contributed by atoms with Crippen molar-refractivity contribution in [1.82, 2.24) is 34.3 Å². The first kappa shape index (κ1) is 26.1. The maximum Gasteiger partial charge on any atom is 0.229 e. The first-order chi connectivity index (χ1) is 18.2. The van der Waals surface area contributed by atoms with Crippen LogP contribution in [-0.2, 0) is 6.54 Å². The van der Waals surface area contributed by atoms with Crippen LogP contribution < -0.4 is 5.32 Å². The van der Waals surface area contributed by atoms with Crippen LogP contribution in [0, 0.1) is 18.6 Å². The number of aromatic nitrogens is 5. The molecule has 0 spiro atoms. The molecule has 1 N–H and O–H groups in total. The lowest BCUT2D eigenvalue weighted by atomic mass is 10.1. The molecule has 1 aromatic carbocycles. The lowest BCUT2D eigenvalue weighted by molar-refractivity contribution is 0.104. The highest BCUT2D eigenvalue weighted by molar-refractivity contribution is 5.83. The first-order valence-electron chi connectivity index (χ1n) is 13.1. The van der Waals surface area contributed by atoms with E-state index in [0.29, 0.717) is 28.8 Å². The molecule has 10 heteroatoms. The third-order valence-corrected chi connectivity index (χ3v) is 7.07. The van der Waals surface area contributed by atoms with Gasteiger partial charge in [-0.25, -0.2) is 28.7 Å². The van der Waals surface area contributed by atoms with Crippen molar-refractivity contribution in [2.75, 3.05) is 31.5 Å². The number of nitrogens with one attached hydrogen (secondary N) is 1. The second-order valence-electron chi connectivity index (χ2n) is 10.4. The first-order valence-corrected chi connectivity index (χ1v) is 13.1. The highest BCUT2D eigenvalue weighted by Gasteiger charge is 2.20. The molecule has 0 aliphatic carbocycles. The van der Waals surface area contributed by atoms with Gasteiger partial charge in [-0.2, -0.15) is 0 Å². The van der Waals surface area contributed by atoms with Gasteiger partial charge in [-0.15, -0.1) is 0 Å². The Morgan fingerprint density at radius 3 is 2.32 bits per heavy atom. The Kier molecular flexibility index (Phi) is 7.36. The number of rotatable bonds is 7. The minimum atomic E-state index is -0.637.